The van der Waals surface area contributed by atoms with Gasteiger partial charge in [0.25, 0.3) is 5.91 Å². The van der Waals surface area contributed by atoms with Gasteiger partial charge in [-0.05, 0) is 12.1 Å². The van der Waals surface area contributed by atoms with E-state index in [0.29, 0.717) is 0 Å². The first kappa shape index (κ1) is 13.7. The van der Waals surface area contributed by atoms with Gasteiger partial charge in [-0.15, -0.1) is 0 Å². The fourth-order valence-corrected chi connectivity index (χ4v) is 1.59. The van der Waals surface area contributed by atoms with Crippen LogP contribution in [0.4, 0.5) is 4.39 Å². The van der Waals surface area contributed by atoms with Gasteiger partial charge in [0.05, 0.1) is 7.11 Å². The van der Waals surface area contributed by atoms with Crippen LogP contribution in [0, 0.1) is 5.82 Å². The average Bonchev–Trinajstić information content (AvgIpc) is 2.44. The van der Waals surface area contributed by atoms with E-state index < -0.39 is 23.3 Å². The number of amides is 1. The Kier molecular flexibility index (Phi) is 3.79. The third-order valence-corrected chi connectivity index (χ3v) is 2.58. The molecular formula is C13H10FNO5. The number of hydrogen-bond donors (Lipinski definition) is 1. The van der Waals surface area contributed by atoms with Crippen LogP contribution in [0.1, 0.15) is 10.4 Å². The van der Waals surface area contributed by atoms with Crippen LogP contribution in [-0.2, 0) is 9.53 Å². The van der Waals surface area contributed by atoms with Gasteiger partial charge in [-0.3, -0.25) is 9.59 Å². The lowest BCUT2D eigenvalue weighted by molar-refractivity contribution is -0.139. The quantitative estimate of drug-likeness (QED) is 0.664. The summed E-state index contributed by atoms with van der Waals surface area (Å²) in [6.45, 7) is -0.379. The van der Waals surface area contributed by atoms with Gasteiger partial charge in [0.2, 0.25) is 0 Å². The third kappa shape index (κ3) is 2.66. The van der Waals surface area contributed by atoms with Gasteiger partial charge in [-0.25, -0.2) is 9.18 Å². The molecule has 0 aliphatic heterocycles. The van der Waals surface area contributed by atoms with Crippen LogP contribution < -0.4 is 10.9 Å². The summed E-state index contributed by atoms with van der Waals surface area (Å²) in [5.41, 5.74) is -1.51. The number of halogens is 1. The first-order valence-corrected chi connectivity index (χ1v) is 5.60. The molecule has 0 fully saturated rings. The zero-order valence-electron chi connectivity index (χ0n) is 10.4. The largest absolute Gasteiger partial charge is 0.468 e. The van der Waals surface area contributed by atoms with Gasteiger partial charge >= 0.3 is 11.6 Å². The van der Waals surface area contributed by atoms with E-state index >= 15 is 0 Å². The van der Waals surface area contributed by atoms with E-state index in [1.807, 2.05) is 0 Å². The minimum atomic E-state index is -0.982. The Morgan fingerprint density at radius 1 is 1.40 bits per heavy atom. The summed E-state index contributed by atoms with van der Waals surface area (Å²) in [7, 11) is 1.17. The van der Waals surface area contributed by atoms with Crippen LogP contribution in [0.2, 0.25) is 0 Å². The normalized spacial score (nSPS) is 10.3. The van der Waals surface area contributed by atoms with Crippen molar-refractivity contribution in [3.05, 3.63) is 46.1 Å². The number of hydrogen-bond acceptors (Lipinski definition) is 5. The molecule has 1 aromatic carbocycles. The van der Waals surface area contributed by atoms with Crippen molar-refractivity contribution >= 4 is 22.8 Å². The molecule has 0 aliphatic carbocycles. The zero-order chi connectivity index (χ0) is 14.7. The molecule has 7 heteroatoms. The summed E-state index contributed by atoms with van der Waals surface area (Å²) in [6, 6.07) is 5.27. The standard InChI is InChI=1S/C13H10FNO5/c1-19-10(16)6-15-12(17)8-5-7-3-2-4-9(14)11(7)20-13(8)18/h2-5H,6H2,1H3,(H,15,17). The molecule has 1 N–H and O–H groups in total. The molecule has 1 aromatic heterocycles. The molecule has 2 rings (SSSR count). The van der Waals surface area contributed by atoms with Crippen LogP contribution >= 0.6 is 0 Å². The molecule has 0 radical (unpaired) electrons. The van der Waals surface area contributed by atoms with Crippen molar-refractivity contribution < 1.29 is 23.1 Å². The molecule has 1 heterocycles. The van der Waals surface area contributed by atoms with Crippen molar-refractivity contribution in [2.45, 2.75) is 0 Å². The summed E-state index contributed by atoms with van der Waals surface area (Å²) in [5.74, 6) is -2.15. The number of para-hydroxylation sites is 1. The van der Waals surface area contributed by atoms with E-state index in [-0.39, 0.29) is 23.1 Å². The number of benzene rings is 1. The topological polar surface area (TPSA) is 85.6 Å². The molecule has 0 spiro atoms. The summed E-state index contributed by atoms with van der Waals surface area (Å²) in [5, 5.41) is 2.47. The maximum Gasteiger partial charge on any atom is 0.349 e. The summed E-state index contributed by atoms with van der Waals surface area (Å²) >= 11 is 0. The Balaban J connectivity index is 2.35. The van der Waals surface area contributed by atoms with Gasteiger partial charge < -0.3 is 14.5 Å². The molecule has 6 nitrogen and oxygen atoms in total. The number of rotatable bonds is 3. The number of fused-ring (bicyclic) bond motifs is 1. The molecule has 0 unspecified atom stereocenters. The van der Waals surface area contributed by atoms with Crippen LogP contribution in [0.3, 0.4) is 0 Å². The molecule has 0 bridgehead atoms. The maximum atomic E-state index is 13.4. The van der Waals surface area contributed by atoms with Crippen LogP contribution in [0.15, 0.2) is 33.5 Å². The lowest BCUT2D eigenvalue weighted by atomic mass is 10.1. The van der Waals surface area contributed by atoms with Crippen LogP contribution in [0.25, 0.3) is 11.0 Å². The maximum absolute atomic E-state index is 13.4. The van der Waals surface area contributed by atoms with Crippen molar-refractivity contribution in [1.82, 2.24) is 5.32 Å². The zero-order valence-corrected chi connectivity index (χ0v) is 10.4. The SMILES string of the molecule is COC(=O)CNC(=O)c1cc2cccc(F)c2oc1=O. The molecule has 1 amide bonds. The molecule has 0 atom stereocenters. The van der Waals surface area contributed by atoms with Gasteiger partial charge in [0.15, 0.2) is 11.4 Å². The Labute approximate surface area is 112 Å². The second kappa shape index (κ2) is 5.52. The predicted molar refractivity (Wildman–Crippen MR) is 66.8 cm³/mol. The fourth-order valence-electron chi connectivity index (χ4n) is 1.59. The minimum Gasteiger partial charge on any atom is -0.468 e. The highest BCUT2D eigenvalue weighted by atomic mass is 19.1. The highest BCUT2D eigenvalue weighted by Crippen LogP contribution is 2.16. The average molecular weight is 279 g/mol. The summed E-state index contributed by atoms with van der Waals surface area (Å²) in [6.07, 6.45) is 0. The smallest absolute Gasteiger partial charge is 0.349 e. The second-order valence-corrected chi connectivity index (χ2v) is 3.86. The van der Waals surface area contributed by atoms with E-state index in [4.69, 9.17) is 4.42 Å². The molecule has 0 aliphatic rings. The van der Waals surface area contributed by atoms with E-state index in [0.717, 1.165) is 6.07 Å². The Hall–Kier alpha value is -2.70. The van der Waals surface area contributed by atoms with Crippen molar-refractivity contribution in [2.24, 2.45) is 0 Å². The number of ether oxygens (including phenoxy) is 1. The van der Waals surface area contributed by atoms with Crippen molar-refractivity contribution in [2.75, 3.05) is 13.7 Å². The Morgan fingerprint density at radius 3 is 2.85 bits per heavy atom. The van der Waals surface area contributed by atoms with E-state index in [1.54, 1.807) is 0 Å². The molecule has 104 valence electrons. The number of esters is 1. The van der Waals surface area contributed by atoms with Crippen LogP contribution in [-0.4, -0.2) is 25.5 Å². The second-order valence-electron chi connectivity index (χ2n) is 3.86. The Morgan fingerprint density at radius 2 is 2.15 bits per heavy atom. The highest BCUT2D eigenvalue weighted by molar-refractivity contribution is 5.97. The molecule has 0 saturated heterocycles. The number of carbonyl (C=O) groups excluding carboxylic acids is 2. The van der Waals surface area contributed by atoms with E-state index in [9.17, 15) is 18.8 Å². The van der Waals surface area contributed by atoms with Crippen molar-refractivity contribution in [3.8, 4) is 0 Å². The Bertz CT molecular complexity index is 737. The van der Waals surface area contributed by atoms with Gasteiger partial charge in [-0.1, -0.05) is 12.1 Å². The van der Waals surface area contributed by atoms with Crippen molar-refractivity contribution in [1.29, 1.82) is 0 Å². The van der Waals surface area contributed by atoms with E-state index in [1.165, 1.54) is 25.3 Å². The monoisotopic (exact) mass is 279 g/mol. The first-order chi connectivity index (χ1) is 9.52. The van der Waals surface area contributed by atoms with Gasteiger partial charge in [0, 0.05) is 5.39 Å². The summed E-state index contributed by atoms with van der Waals surface area (Å²) in [4.78, 5) is 34.3. The number of nitrogens with one attached hydrogen (secondary N) is 1. The van der Waals surface area contributed by atoms with E-state index in [2.05, 4.69) is 10.1 Å². The predicted octanol–water partition coefficient (Wildman–Crippen LogP) is 0.835. The lowest BCUT2D eigenvalue weighted by Crippen LogP contribution is -2.33. The third-order valence-electron chi connectivity index (χ3n) is 2.58. The fraction of sp³-hybridized carbons (Fsp3) is 0.154. The number of methoxy groups -OCH3 is 1. The molecule has 0 saturated carbocycles. The van der Waals surface area contributed by atoms with Gasteiger partial charge in [0.1, 0.15) is 12.1 Å². The number of carbonyl (C=O) groups is 2. The molecular weight excluding hydrogens is 269 g/mol. The van der Waals surface area contributed by atoms with Crippen LogP contribution in [0.5, 0.6) is 0 Å². The first-order valence-electron chi connectivity index (χ1n) is 5.60. The lowest BCUT2D eigenvalue weighted by Gasteiger charge is -2.04. The highest BCUT2D eigenvalue weighted by Gasteiger charge is 2.15. The molecule has 20 heavy (non-hydrogen) atoms. The molecule has 2 aromatic rings. The van der Waals surface area contributed by atoms with Gasteiger partial charge in [-0.2, -0.15) is 0 Å². The van der Waals surface area contributed by atoms with Crippen molar-refractivity contribution in [3.63, 3.8) is 0 Å². The summed E-state index contributed by atoms with van der Waals surface area (Å²) < 4.78 is 22.5. The minimum absolute atomic E-state index is 0.220.